The summed E-state index contributed by atoms with van der Waals surface area (Å²) in [7, 11) is 2.61. The predicted molar refractivity (Wildman–Crippen MR) is 138 cm³/mol. The molecule has 36 heavy (non-hydrogen) atoms. The van der Waals surface area contributed by atoms with E-state index in [-0.39, 0.29) is 24.2 Å². The number of ether oxygens (including phenoxy) is 2. The number of nitrogens with zero attached hydrogens (tertiary/aromatic N) is 3. The molecule has 8 nitrogen and oxygen atoms in total. The third-order valence-electron chi connectivity index (χ3n) is 6.41. The Morgan fingerprint density at radius 3 is 2.67 bits per heavy atom. The number of hydrogen-bond acceptors (Lipinski definition) is 7. The second kappa shape index (κ2) is 10.9. The van der Waals surface area contributed by atoms with E-state index in [2.05, 4.69) is 15.8 Å². The first-order valence-electron chi connectivity index (χ1n) is 11.6. The Bertz CT molecular complexity index is 1190. The predicted octanol–water partition coefficient (Wildman–Crippen LogP) is 2.98. The third kappa shape index (κ3) is 4.82. The van der Waals surface area contributed by atoms with Crippen LogP contribution in [0.15, 0.2) is 57.3 Å². The van der Waals surface area contributed by atoms with Crippen molar-refractivity contribution in [2.45, 2.75) is 36.4 Å². The number of carbonyl (C=O) groups is 1. The van der Waals surface area contributed by atoms with Gasteiger partial charge in [-0.15, -0.1) is 0 Å². The summed E-state index contributed by atoms with van der Waals surface area (Å²) in [5.74, 6) is 0.642. The van der Waals surface area contributed by atoms with E-state index >= 15 is 0 Å². The summed E-state index contributed by atoms with van der Waals surface area (Å²) in [4.78, 5) is 25.5. The third-order valence-corrected chi connectivity index (χ3v) is 8.95. The number of amides is 1. The molecule has 11 heteroatoms. The van der Waals surface area contributed by atoms with Crippen LogP contribution >= 0.6 is 10.9 Å². The van der Waals surface area contributed by atoms with Gasteiger partial charge in [-0.3, -0.25) is 14.7 Å². The Balaban J connectivity index is 1.79. The number of aliphatic imine (C=N–C) groups is 2. The van der Waals surface area contributed by atoms with E-state index in [0.717, 1.165) is 30.0 Å². The van der Waals surface area contributed by atoms with E-state index < -0.39 is 23.0 Å². The normalized spacial score (nSPS) is 22.8. The quantitative estimate of drug-likeness (QED) is 0.330. The van der Waals surface area contributed by atoms with E-state index in [1.54, 1.807) is 26.3 Å². The van der Waals surface area contributed by atoms with Crippen LogP contribution in [0.4, 0.5) is 8.78 Å². The maximum atomic E-state index is 13.7. The van der Waals surface area contributed by atoms with Crippen LogP contribution in [-0.2, 0) is 21.6 Å². The summed E-state index contributed by atoms with van der Waals surface area (Å²) in [6, 6.07) is 12.4. The summed E-state index contributed by atoms with van der Waals surface area (Å²) >= 11 is 0. The average Bonchev–Trinajstić information content (AvgIpc) is 3.43. The highest BCUT2D eigenvalue weighted by Gasteiger charge is 2.50. The minimum Gasteiger partial charge on any atom is -0.434 e. The first kappa shape index (κ1) is 26.1. The van der Waals surface area contributed by atoms with Gasteiger partial charge in [-0.1, -0.05) is 18.2 Å². The summed E-state index contributed by atoms with van der Waals surface area (Å²) < 4.78 is 35.6. The van der Waals surface area contributed by atoms with Crippen LogP contribution < -0.4 is 16.2 Å². The topological polar surface area (TPSA) is 116 Å². The lowest BCUT2D eigenvalue weighted by Gasteiger charge is -2.28. The number of rotatable bonds is 10. The Morgan fingerprint density at radius 1 is 1.22 bits per heavy atom. The number of methoxy groups -OCH3 is 1. The Kier molecular flexibility index (Phi) is 7.91. The van der Waals surface area contributed by atoms with Gasteiger partial charge >= 0.3 is 6.61 Å². The zero-order valence-electron chi connectivity index (χ0n) is 20.3. The maximum absolute atomic E-state index is 13.7. The van der Waals surface area contributed by atoms with Crippen molar-refractivity contribution in [3.63, 3.8) is 0 Å². The largest absolute Gasteiger partial charge is 0.434 e. The van der Waals surface area contributed by atoms with Gasteiger partial charge in [0.05, 0.1) is 5.04 Å². The van der Waals surface area contributed by atoms with Gasteiger partial charge in [0.15, 0.2) is 11.5 Å². The molecule has 0 fully saturated rings. The van der Waals surface area contributed by atoms with Crippen LogP contribution in [0.2, 0.25) is 0 Å². The van der Waals surface area contributed by atoms with Gasteiger partial charge in [-0.05, 0) is 53.1 Å². The van der Waals surface area contributed by atoms with Crippen LogP contribution in [-0.4, -0.2) is 61.5 Å². The molecule has 4 N–H and O–H groups in total. The number of alkyl halides is 2. The Hall–Kier alpha value is -3.02. The molecular weight excluding hydrogens is 488 g/mol. The standard InChI is InChI=1S/C25H31F2N5O3S/c1-32-22(33)25(31-24(32)29,18-8-9-20(35-23(26)27)16(13-18)15-28)17-5-3-6-19(14-17)36-12-10-30-21(36)7-4-11-34-2/h3,5-6,8-9,13-14,23,36H,4,7,10-12,15,28H2,1-2H3,(H2,29,31). The number of guanidine groups is 1. The van der Waals surface area contributed by atoms with Crippen molar-refractivity contribution in [1.82, 2.24) is 4.90 Å². The van der Waals surface area contributed by atoms with E-state index in [4.69, 9.17) is 21.2 Å². The van der Waals surface area contributed by atoms with Gasteiger partial charge in [0.25, 0.3) is 5.91 Å². The molecule has 0 saturated heterocycles. The highest BCUT2D eigenvalue weighted by Crippen LogP contribution is 2.46. The van der Waals surface area contributed by atoms with Crippen LogP contribution in [0.1, 0.15) is 29.5 Å². The van der Waals surface area contributed by atoms with Crippen LogP contribution in [0.5, 0.6) is 5.75 Å². The van der Waals surface area contributed by atoms with Gasteiger partial charge in [0.2, 0.25) is 0 Å². The van der Waals surface area contributed by atoms with Gasteiger partial charge in [0.1, 0.15) is 5.75 Å². The minimum absolute atomic E-state index is 0.0396. The van der Waals surface area contributed by atoms with E-state index in [1.807, 2.05) is 18.2 Å². The summed E-state index contributed by atoms with van der Waals surface area (Å²) in [5, 5.41) is 1.19. The molecule has 2 heterocycles. The molecule has 0 radical (unpaired) electrons. The Morgan fingerprint density at radius 2 is 2.00 bits per heavy atom. The smallest absolute Gasteiger partial charge is 0.387 e. The van der Waals surface area contributed by atoms with Crippen molar-refractivity contribution in [2.24, 2.45) is 21.5 Å². The zero-order chi connectivity index (χ0) is 25.9. The number of benzene rings is 2. The van der Waals surface area contributed by atoms with Crippen LogP contribution in [0.25, 0.3) is 0 Å². The molecule has 2 aromatic rings. The lowest BCUT2D eigenvalue weighted by atomic mass is 9.82. The molecule has 2 unspecified atom stereocenters. The lowest BCUT2D eigenvalue weighted by Crippen LogP contribution is -2.41. The SMILES string of the molecule is COCCCC1=NCC[SH]1c1cccc(C2(c3ccc(OC(F)F)c(CN)c3)N=C(N)N(C)C2=O)c1. The highest BCUT2D eigenvalue weighted by molar-refractivity contribution is 8.30. The van der Waals surface area contributed by atoms with Crippen LogP contribution in [0.3, 0.4) is 0 Å². The molecule has 2 aliphatic rings. The number of nitrogens with two attached hydrogens (primary N) is 2. The molecule has 2 aromatic carbocycles. The van der Waals surface area contributed by atoms with E-state index in [9.17, 15) is 13.6 Å². The van der Waals surface area contributed by atoms with Crippen molar-refractivity contribution in [3.8, 4) is 5.75 Å². The van der Waals surface area contributed by atoms with Gasteiger partial charge in [-0.2, -0.15) is 19.7 Å². The molecule has 0 bridgehead atoms. The average molecular weight is 520 g/mol. The minimum atomic E-state index is -2.99. The second-order valence-electron chi connectivity index (χ2n) is 8.55. The lowest BCUT2D eigenvalue weighted by molar-refractivity contribution is -0.129. The number of carbonyl (C=O) groups excluding carboxylic acids is 1. The molecular formula is C25H31F2N5O3S. The second-order valence-corrected chi connectivity index (χ2v) is 10.9. The first-order chi connectivity index (χ1) is 17.3. The van der Waals surface area contributed by atoms with Crippen molar-refractivity contribution in [1.29, 1.82) is 0 Å². The number of thiol groups is 1. The van der Waals surface area contributed by atoms with Gasteiger partial charge in [-0.25, -0.2) is 4.99 Å². The molecule has 4 rings (SSSR count). The monoisotopic (exact) mass is 519 g/mol. The number of hydrogen-bond donors (Lipinski definition) is 3. The molecule has 0 aliphatic carbocycles. The summed E-state index contributed by atoms with van der Waals surface area (Å²) in [6.45, 7) is -1.59. The Labute approximate surface area is 211 Å². The van der Waals surface area contributed by atoms with Gasteiger partial charge in [0, 0.05) is 45.2 Å². The molecule has 0 spiro atoms. The molecule has 0 aromatic heterocycles. The summed E-state index contributed by atoms with van der Waals surface area (Å²) in [6.07, 6.45) is 1.77. The molecule has 1 amide bonds. The fourth-order valence-electron chi connectivity index (χ4n) is 4.62. The fraction of sp³-hybridized carbons (Fsp3) is 0.400. The molecule has 0 saturated carbocycles. The van der Waals surface area contributed by atoms with E-state index in [1.165, 1.54) is 16.0 Å². The zero-order valence-corrected chi connectivity index (χ0v) is 21.2. The van der Waals surface area contributed by atoms with Gasteiger partial charge < -0.3 is 20.9 Å². The van der Waals surface area contributed by atoms with E-state index in [0.29, 0.717) is 23.3 Å². The molecule has 2 aliphatic heterocycles. The molecule has 194 valence electrons. The maximum Gasteiger partial charge on any atom is 0.387 e. The number of halogens is 2. The first-order valence-corrected chi connectivity index (χ1v) is 13.2. The van der Waals surface area contributed by atoms with Crippen molar-refractivity contribution in [2.75, 3.05) is 33.1 Å². The van der Waals surface area contributed by atoms with Crippen molar-refractivity contribution >= 4 is 27.8 Å². The van der Waals surface area contributed by atoms with Crippen LogP contribution in [0, 0.1) is 0 Å². The number of likely N-dealkylation sites (N-methyl/N-ethyl adjacent to an activating group) is 1. The highest BCUT2D eigenvalue weighted by atomic mass is 32.2. The van der Waals surface area contributed by atoms with Crippen molar-refractivity contribution in [3.05, 3.63) is 59.2 Å². The fourth-order valence-corrected chi connectivity index (χ4v) is 6.99. The van der Waals surface area contributed by atoms with Crippen molar-refractivity contribution < 1.29 is 23.0 Å². The molecule has 2 atom stereocenters. The summed E-state index contributed by atoms with van der Waals surface area (Å²) in [5.41, 5.74) is 11.9.